The molecule has 0 N–H and O–H groups in total. The largest absolute Gasteiger partial charge is 0.205 e. The van der Waals surface area contributed by atoms with Crippen LogP contribution in [0.25, 0.3) is 0 Å². The van der Waals surface area contributed by atoms with E-state index in [1.54, 1.807) is 12.1 Å². The first-order chi connectivity index (χ1) is 14.1. The van der Waals surface area contributed by atoms with Gasteiger partial charge < -0.3 is 0 Å². The fraction of sp³-hybridized carbons (Fsp3) is 0.333. The third-order valence-electron chi connectivity index (χ3n) is 6.50. The van der Waals surface area contributed by atoms with Gasteiger partial charge in [-0.3, -0.25) is 0 Å². The first kappa shape index (κ1) is 20.2. The Labute approximate surface area is 178 Å². The van der Waals surface area contributed by atoms with E-state index in [1.165, 1.54) is 16.7 Å². The van der Waals surface area contributed by atoms with E-state index >= 15 is 0 Å². The van der Waals surface area contributed by atoms with Crippen LogP contribution >= 0.6 is 11.6 Å². The smallest absolute Gasteiger partial charge is 0.142 e. The average Bonchev–Trinajstić information content (AvgIpc) is 2.77. The van der Waals surface area contributed by atoms with Crippen molar-refractivity contribution >= 4 is 11.6 Å². The van der Waals surface area contributed by atoms with Gasteiger partial charge in [0.2, 0.25) is 0 Å². The second-order valence-electron chi connectivity index (χ2n) is 8.48. The molecular weight excluding hydrogens is 379 g/mol. The molecule has 0 unspecified atom stereocenters. The summed E-state index contributed by atoms with van der Waals surface area (Å²) in [5.74, 6) is 1.29. The van der Waals surface area contributed by atoms with Crippen molar-refractivity contribution in [3.8, 4) is 0 Å². The summed E-state index contributed by atoms with van der Waals surface area (Å²) >= 11 is 5.83. The van der Waals surface area contributed by atoms with Crippen LogP contribution in [0.4, 0.5) is 4.39 Å². The van der Waals surface area contributed by atoms with E-state index in [9.17, 15) is 4.39 Å². The minimum absolute atomic E-state index is 0.212. The highest BCUT2D eigenvalue weighted by atomic mass is 35.5. The van der Waals surface area contributed by atoms with Crippen molar-refractivity contribution in [1.82, 2.24) is 0 Å². The second-order valence-corrected chi connectivity index (χ2v) is 8.89. The van der Waals surface area contributed by atoms with Gasteiger partial charge in [-0.05, 0) is 84.2 Å². The van der Waals surface area contributed by atoms with Gasteiger partial charge in [-0.1, -0.05) is 79.2 Å². The van der Waals surface area contributed by atoms with Crippen LogP contribution in [0, 0.1) is 5.82 Å². The number of hydrogen-bond acceptors (Lipinski definition) is 0. The van der Waals surface area contributed by atoms with Crippen LogP contribution in [0.5, 0.6) is 0 Å². The van der Waals surface area contributed by atoms with Crippen molar-refractivity contribution in [2.24, 2.45) is 0 Å². The Morgan fingerprint density at radius 1 is 0.828 bits per heavy atom. The van der Waals surface area contributed by atoms with E-state index in [4.69, 9.17) is 11.6 Å². The molecule has 0 radical (unpaired) electrons. The maximum Gasteiger partial charge on any atom is 0.142 e. The van der Waals surface area contributed by atoms with Gasteiger partial charge in [0.05, 0.1) is 5.02 Å². The molecule has 1 atom stereocenters. The molecule has 0 saturated heterocycles. The molecule has 0 spiro atoms. The highest BCUT2D eigenvalue weighted by Crippen LogP contribution is 2.41. The van der Waals surface area contributed by atoms with Gasteiger partial charge in [-0.25, -0.2) is 4.39 Å². The summed E-state index contributed by atoms with van der Waals surface area (Å²) in [7, 11) is 0. The maximum atomic E-state index is 13.8. The molecule has 0 bridgehead atoms. The molecule has 150 valence electrons. The fourth-order valence-corrected chi connectivity index (χ4v) is 4.82. The molecule has 0 amide bonds. The van der Waals surface area contributed by atoms with Crippen LogP contribution in [0.3, 0.4) is 0 Å². The van der Waals surface area contributed by atoms with Crippen molar-refractivity contribution < 1.29 is 4.39 Å². The lowest BCUT2D eigenvalue weighted by atomic mass is 9.76. The topological polar surface area (TPSA) is 0 Å². The zero-order valence-corrected chi connectivity index (χ0v) is 17.7. The van der Waals surface area contributed by atoms with Crippen LogP contribution in [0.1, 0.15) is 72.6 Å². The van der Waals surface area contributed by atoms with Crippen LogP contribution in [-0.4, -0.2) is 0 Å². The Hall–Kier alpha value is -2.12. The molecule has 0 nitrogen and oxygen atoms in total. The summed E-state index contributed by atoms with van der Waals surface area (Å²) in [5.41, 5.74) is 5.33. The predicted molar refractivity (Wildman–Crippen MR) is 120 cm³/mol. The minimum Gasteiger partial charge on any atom is -0.205 e. The Balaban J connectivity index is 1.35. The summed E-state index contributed by atoms with van der Waals surface area (Å²) in [5, 5.41) is 0.212. The number of hydrogen-bond donors (Lipinski definition) is 0. The quantitative estimate of drug-likeness (QED) is 0.400. The lowest BCUT2D eigenvalue weighted by Crippen LogP contribution is -2.12. The molecule has 2 heteroatoms. The highest BCUT2D eigenvalue weighted by Gasteiger charge is 2.24. The molecule has 0 aliphatic heterocycles. The van der Waals surface area contributed by atoms with Crippen molar-refractivity contribution in [2.75, 3.05) is 0 Å². The number of benzene rings is 3. The molecule has 0 heterocycles. The van der Waals surface area contributed by atoms with Gasteiger partial charge in [0.25, 0.3) is 0 Å². The van der Waals surface area contributed by atoms with E-state index in [1.807, 2.05) is 6.07 Å². The SMILES string of the molecule is C[C@H](Cc1ccc(C2CCC(c3ccc(Cl)c(F)c3)CC2)cc1)c1ccccc1. The molecule has 1 aliphatic carbocycles. The van der Waals surface area contributed by atoms with Gasteiger partial charge in [-0.15, -0.1) is 0 Å². The molecule has 29 heavy (non-hydrogen) atoms. The molecule has 4 rings (SSSR count). The molecular formula is C27H28ClF. The monoisotopic (exact) mass is 406 g/mol. The van der Waals surface area contributed by atoms with Crippen LogP contribution in [0.15, 0.2) is 72.8 Å². The van der Waals surface area contributed by atoms with Crippen molar-refractivity contribution in [2.45, 2.75) is 56.8 Å². The van der Waals surface area contributed by atoms with E-state index in [0.29, 0.717) is 17.8 Å². The fourth-order valence-electron chi connectivity index (χ4n) is 4.71. The van der Waals surface area contributed by atoms with Gasteiger partial charge in [0.1, 0.15) is 5.82 Å². The van der Waals surface area contributed by atoms with Crippen LogP contribution < -0.4 is 0 Å². The van der Waals surface area contributed by atoms with Gasteiger partial charge in [0.15, 0.2) is 0 Å². The second kappa shape index (κ2) is 9.13. The lowest BCUT2D eigenvalue weighted by molar-refractivity contribution is 0.395. The summed E-state index contributed by atoms with van der Waals surface area (Å²) in [6.07, 6.45) is 5.61. The first-order valence-electron chi connectivity index (χ1n) is 10.7. The molecule has 3 aromatic rings. The van der Waals surface area contributed by atoms with Crippen molar-refractivity contribution in [1.29, 1.82) is 0 Å². The van der Waals surface area contributed by atoms with Gasteiger partial charge >= 0.3 is 0 Å². The van der Waals surface area contributed by atoms with Crippen molar-refractivity contribution in [3.05, 3.63) is 106 Å². The molecule has 0 aromatic heterocycles. The number of halogens is 2. The molecule has 1 fully saturated rings. The summed E-state index contributed by atoms with van der Waals surface area (Å²) in [6.45, 7) is 2.30. The predicted octanol–water partition coefficient (Wildman–Crippen LogP) is 8.27. The van der Waals surface area contributed by atoms with Gasteiger partial charge in [0, 0.05) is 0 Å². The van der Waals surface area contributed by atoms with Crippen LogP contribution in [0.2, 0.25) is 5.02 Å². The Morgan fingerprint density at radius 3 is 2.03 bits per heavy atom. The summed E-state index contributed by atoms with van der Waals surface area (Å²) < 4.78 is 13.8. The third kappa shape index (κ3) is 4.90. The Kier molecular flexibility index (Phi) is 6.35. The first-order valence-corrected chi connectivity index (χ1v) is 11.1. The summed E-state index contributed by atoms with van der Waals surface area (Å²) in [4.78, 5) is 0. The molecule has 1 saturated carbocycles. The zero-order chi connectivity index (χ0) is 20.2. The van der Waals surface area contributed by atoms with Gasteiger partial charge in [-0.2, -0.15) is 0 Å². The highest BCUT2D eigenvalue weighted by molar-refractivity contribution is 6.30. The summed E-state index contributed by atoms with van der Waals surface area (Å²) in [6, 6.07) is 25.3. The lowest BCUT2D eigenvalue weighted by Gasteiger charge is -2.29. The number of rotatable bonds is 5. The Bertz CT molecular complexity index is 925. The van der Waals surface area contributed by atoms with E-state index in [0.717, 1.165) is 37.7 Å². The van der Waals surface area contributed by atoms with Crippen LogP contribution in [-0.2, 0) is 6.42 Å². The van der Waals surface area contributed by atoms with E-state index in [-0.39, 0.29) is 10.8 Å². The van der Waals surface area contributed by atoms with E-state index < -0.39 is 0 Å². The molecule has 1 aliphatic rings. The zero-order valence-electron chi connectivity index (χ0n) is 17.0. The maximum absolute atomic E-state index is 13.8. The Morgan fingerprint density at radius 2 is 1.41 bits per heavy atom. The van der Waals surface area contributed by atoms with Crippen molar-refractivity contribution in [3.63, 3.8) is 0 Å². The van der Waals surface area contributed by atoms with E-state index in [2.05, 4.69) is 61.5 Å². The third-order valence-corrected chi connectivity index (χ3v) is 6.81. The minimum atomic E-state index is -0.299. The standard InChI is InChI=1S/C27H28ClF/c1-19(21-5-3-2-4-6-21)17-20-7-9-22(10-8-20)23-11-13-24(14-12-23)25-15-16-26(28)27(29)18-25/h2-10,15-16,18-19,23-24H,11-14,17H2,1H3/t19-,23?,24?/m1/s1. The normalized spacial score (nSPS) is 20.4. The molecule has 3 aromatic carbocycles. The average molecular weight is 407 g/mol.